The largest absolute Gasteiger partial charge is 0.504 e. The lowest BCUT2D eigenvalue weighted by atomic mass is 10.0. The molecule has 2 aromatic carbocycles. The van der Waals surface area contributed by atoms with Crippen LogP contribution in [0.1, 0.15) is 22.8 Å². The molecule has 0 radical (unpaired) electrons. The maximum Gasteiger partial charge on any atom is 0.264 e. The van der Waals surface area contributed by atoms with Gasteiger partial charge in [0.15, 0.2) is 16.3 Å². The Morgan fingerprint density at radius 1 is 1.27 bits per heavy atom. The average Bonchev–Trinajstić information content (AvgIpc) is 2.92. The van der Waals surface area contributed by atoms with Crippen molar-refractivity contribution in [3.63, 3.8) is 0 Å². The Morgan fingerprint density at radius 2 is 2.03 bits per heavy atom. The Morgan fingerprint density at radius 3 is 2.80 bits per heavy atom. The summed E-state index contributed by atoms with van der Waals surface area (Å²) >= 11 is 6.68. The molecule has 7 nitrogen and oxygen atoms in total. The molecule has 1 aliphatic heterocycles. The number of fused-ring (bicyclic) bond motifs is 1. The molecule has 0 saturated heterocycles. The van der Waals surface area contributed by atoms with Crippen molar-refractivity contribution in [2.24, 2.45) is 12.0 Å². The lowest BCUT2D eigenvalue weighted by Gasteiger charge is -2.18. The lowest BCUT2D eigenvalue weighted by Crippen LogP contribution is -2.23. The first-order valence-corrected chi connectivity index (χ1v) is 10.4. The van der Waals surface area contributed by atoms with Gasteiger partial charge in [-0.05, 0) is 42.0 Å². The zero-order valence-electron chi connectivity index (χ0n) is 16.2. The molecule has 0 saturated carbocycles. The van der Waals surface area contributed by atoms with Gasteiger partial charge in [-0.15, -0.1) is 11.8 Å². The van der Waals surface area contributed by atoms with Crippen LogP contribution in [0.5, 0.6) is 17.4 Å². The van der Waals surface area contributed by atoms with E-state index in [-0.39, 0.29) is 27.2 Å². The molecule has 0 fully saturated rings. The van der Waals surface area contributed by atoms with Crippen molar-refractivity contribution in [3.05, 3.63) is 68.7 Å². The van der Waals surface area contributed by atoms with Crippen molar-refractivity contribution in [3.8, 4) is 17.4 Å². The first kappa shape index (κ1) is 20.2. The van der Waals surface area contributed by atoms with Crippen LogP contribution in [0, 0.1) is 4.77 Å². The summed E-state index contributed by atoms with van der Waals surface area (Å²) in [5.41, 5.74) is 1.68. The van der Waals surface area contributed by atoms with Gasteiger partial charge in [0.2, 0.25) is 5.88 Å². The molecule has 1 aromatic heterocycles. The Labute approximate surface area is 181 Å². The summed E-state index contributed by atoms with van der Waals surface area (Å²) in [5, 5.41) is 20.5. The summed E-state index contributed by atoms with van der Waals surface area (Å²) in [5.74, 6) is 0.192. The molecule has 1 atom stereocenters. The predicted molar refractivity (Wildman–Crippen MR) is 119 cm³/mol. The maximum absolute atomic E-state index is 12.7. The second-order valence-electron chi connectivity index (χ2n) is 6.79. The van der Waals surface area contributed by atoms with E-state index in [4.69, 9.17) is 21.9 Å². The molecule has 0 amide bonds. The number of hydrogen-bond donors (Lipinski definition) is 3. The number of aromatic amines is 1. The highest BCUT2D eigenvalue weighted by atomic mass is 32.2. The zero-order chi connectivity index (χ0) is 21.4. The highest BCUT2D eigenvalue weighted by Gasteiger charge is 2.27. The first-order valence-electron chi connectivity index (χ1n) is 9.12. The maximum atomic E-state index is 12.7. The topological polar surface area (TPSA) is 99.8 Å². The third kappa shape index (κ3) is 3.61. The summed E-state index contributed by atoms with van der Waals surface area (Å²) < 4.78 is 6.73. The monoisotopic (exact) mass is 441 g/mol. The summed E-state index contributed by atoms with van der Waals surface area (Å²) in [7, 11) is 3.08. The van der Waals surface area contributed by atoms with Gasteiger partial charge < -0.3 is 14.9 Å². The number of aromatic hydroxyl groups is 2. The summed E-state index contributed by atoms with van der Waals surface area (Å²) in [6.45, 7) is 0. The smallest absolute Gasteiger partial charge is 0.264 e. The van der Waals surface area contributed by atoms with E-state index in [1.165, 1.54) is 11.7 Å². The molecule has 9 heteroatoms. The number of H-pyrrole nitrogens is 1. The Kier molecular flexibility index (Phi) is 5.40. The number of phenols is 1. The molecule has 3 aromatic rings. The van der Waals surface area contributed by atoms with Gasteiger partial charge in [0.05, 0.1) is 18.5 Å². The highest BCUT2D eigenvalue weighted by molar-refractivity contribution is 7.99. The van der Waals surface area contributed by atoms with Crippen molar-refractivity contribution in [2.45, 2.75) is 16.6 Å². The number of methoxy groups -OCH3 is 1. The van der Waals surface area contributed by atoms with E-state index in [1.807, 2.05) is 30.3 Å². The van der Waals surface area contributed by atoms with Gasteiger partial charge in [0.25, 0.3) is 5.56 Å². The predicted octanol–water partition coefficient (Wildman–Crippen LogP) is 4.22. The molecule has 2 heterocycles. The van der Waals surface area contributed by atoms with E-state index in [2.05, 4.69) is 4.98 Å². The number of thioether (sulfide) groups is 1. The second kappa shape index (κ2) is 8.00. The number of hydrogen-bond acceptors (Lipinski definition) is 7. The number of ether oxygens (including phenoxy) is 1. The number of nitrogens with one attached hydrogen (secondary N) is 1. The number of benzene rings is 2. The van der Waals surface area contributed by atoms with Crippen LogP contribution >= 0.6 is 24.0 Å². The molecule has 0 bridgehead atoms. The molecule has 30 heavy (non-hydrogen) atoms. The Hall–Kier alpha value is -3.04. The van der Waals surface area contributed by atoms with Crippen molar-refractivity contribution in [1.29, 1.82) is 0 Å². The van der Waals surface area contributed by atoms with Crippen LogP contribution < -0.4 is 10.3 Å². The van der Waals surface area contributed by atoms with E-state index in [0.717, 1.165) is 16.1 Å². The zero-order valence-corrected chi connectivity index (χ0v) is 17.9. The molecule has 154 valence electrons. The third-order valence-electron chi connectivity index (χ3n) is 4.93. The van der Waals surface area contributed by atoms with E-state index in [0.29, 0.717) is 17.9 Å². The Bertz CT molecular complexity index is 1280. The van der Waals surface area contributed by atoms with Gasteiger partial charge in [0, 0.05) is 23.6 Å². The summed E-state index contributed by atoms with van der Waals surface area (Å²) in [6.07, 6.45) is 0.376. The van der Waals surface area contributed by atoms with Crippen LogP contribution in [0.3, 0.4) is 0 Å². The molecular weight excluding hydrogens is 422 g/mol. The molecule has 0 spiro atoms. The van der Waals surface area contributed by atoms with E-state index >= 15 is 0 Å². The minimum atomic E-state index is -0.485. The van der Waals surface area contributed by atoms with Gasteiger partial charge in [-0.25, -0.2) is 0 Å². The van der Waals surface area contributed by atoms with Gasteiger partial charge in [-0.2, -0.15) is 0 Å². The summed E-state index contributed by atoms with van der Waals surface area (Å²) in [4.78, 5) is 21.0. The molecule has 1 aliphatic rings. The minimum absolute atomic E-state index is 0.0521. The number of nitrogens with zero attached hydrogens (tertiary/aromatic N) is 2. The Balaban J connectivity index is 1.90. The fraction of sp³-hybridized carbons (Fsp3) is 0.190. The van der Waals surface area contributed by atoms with Crippen LogP contribution in [-0.2, 0) is 7.05 Å². The van der Waals surface area contributed by atoms with E-state index in [1.54, 1.807) is 30.9 Å². The average molecular weight is 442 g/mol. The van der Waals surface area contributed by atoms with E-state index in [9.17, 15) is 15.0 Å². The standard InChI is InChI=1S/C21H19N3O4S2/c1-24-20(27)18(19(26)23-21(24)29)13-10-17(11-7-8-14(25)15(9-11)28-2)30-16-6-4-3-5-12(16)22-13/h3-9,17,25,27H,10H2,1-2H3,(H,23,26,29)/t17-/m0/s1. The number of aliphatic imine (C=N–C) groups is 1. The van der Waals surface area contributed by atoms with Crippen LogP contribution in [0.4, 0.5) is 5.69 Å². The molecule has 0 unspecified atom stereocenters. The fourth-order valence-corrected chi connectivity index (χ4v) is 4.72. The first-order chi connectivity index (χ1) is 14.4. The molecular formula is C21H19N3O4S2. The number of para-hydroxylation sites is 1. The van der Waals surface area contributed by atoms with Crippen LogP contribution in [0.25, 0.3) is 0 Å². The van der Waals surface area contributed by atoms with E-state index < -0.39 is 5.56 Å². The molecule has 3 N–H and O–H groups in total. The van der Waals surface area contributed by atoms with Crippen molar-refractivity contribution in [2.75, 3.05) is 7.11 Å². The van der Waals surface area contributed by atoms with Crippen molar-refractivity contribution < 1.29 is 14.9 Å². The van der Waals surface area contributed by atoms with Crippen LogP contribution in [0.15, 0.2) is 57.1 Å². The van der Waals surface area contributed by atoms with Crippen molar-refractivity contribution in [1.82, 2.24) is 9.55 Å². The highest BCUT2D eigenvalue weighted by Crippen LogP contribution is 2.46. The van der Waals surface area contributed by atoms with Crippen molar-refractivity contribution >= 4 is 35.4 Å². The number of rotatable bonds is 3. The van der Waals surface area contributed by atoms with Gasteiger partial charge >= 0.3 is 0 Å². The van der Waals surface area contributed by atoms with Gasteiger partial charge in [-0.1, -0.05) is 18.2 Å². The van der Waals surface area contributed by atoms with Crippen LogP contribution in [0.2, 0.25) is 0 Å². The van der Waals surface area contributed by atoms with Crippen LogP contribution in [-0.4, -0.2) is 32.6 Å². The third-order valence-corrected chi connectivity index (χ3v) is 6.62. The normalized spacial score (nSPS) is 15.8. The minimum Gasteiger partial charge on any atom is -0.504 e. The quantitative estimate of drug-likeness (QED) is 0.526. The fourth-order valence-electron chi connectivity index (χ4n) is 3.32. The molecule has 4 rings (SSSR count). The second-order valence-corrected chi connectivity index (χ2v) is 8.42. The lowest BCUT2D eigenvalue weighted by molar-refractivity contribution is 0.373. The SMILES string of the molecule is COc1cc([C@@H]2CC(c3c(O)n(C)c(=S)[nH]c3=O)=Nc3ccccc3S2)ccc1O. The van der Waals surface area contributed by atoms with Gasteiger partial charge in [0.1, 0.15) is 5.56 Å². The number of aromatic nitrogens is 2. The molecule has 0 aliphatic carbocycles. The number of phenolic OH excluding ortho intramolecular Hbond substituents is 1. The van der Waals surface area contributed by atoms with Gasteiger partial charge in [-0.3, -0.25) is 19.3 Å². The summed E-state index contributed by atoms with van der Waals surface area (Å²) in [6, 6.07) is 12.8.